The molecule has 0 radical (unpaired) electrons. The van der Waals surface area contributed by atoms with Crippen LogP contribution in [0.1, 0.15) is 29.3 Å². The largest absolute Gasteiger partial charge is 0.449 e. The van der Waals surface area contributed by atoms with E-state index in [4.69, 9.17) is 16.3 Å². The molecule has 2 N–H and O–H groups in total. The van der Waals surface area contributed by atoms with Crippen molar-refractivity contribution in [1.82, 2.24) is 4.98 Å². The van der Waals surface area contributed by atoms with E-state index < -0.39 is 18.0 Å². The Kier molecular flexibility index (Phi) is 5.18. The predicted molar refractivity (Wildman–Crippen MR) is 96.1 cm³/mol. The zero-order valence-corrected chi connectivity index (χ0v) is 14.7. The van der Waals surface area contributed by atoms with Crippen LogP contribution in [0.25, 0.3) is 0 Å². The van der Waals surface area contributed by atoms with Crippen LogP contribution in [0.5, 0.6) is 0 Å². The fraction of sp³-hybridized carbons (Fsp3) is 0.222. The van der Waals surface area contributed by atoms with Gasteiger partial charge in [-0.3, -0.25) is 9.59 Å². The molecule has 2 amide bonds. The molecule has 3 rings (SSSR count). The number of esters is 1. The third-order valence-electron chi connectivity index (χ3n) is 3.87. The van der Waals surface area contributed by atoms with Gasteiger partial charge in [-0.1, -0.05) is 11.6 Å². The topological polar surface area (TPSA) is 97.4 Å². The van der Waals surface area contributed by atoms with Crippen molar-refractivity contribution in [3.8, 4) is 0 Å². The normalized spacial score (nSPS) is 14.0. The Bertz CT molecular complexity index is 867. The highest BCUT2D eigenvalue weighted by atomic mass is 35.5. The Morgan fingerprint density at radius 1 is 1.27 bits per heavy atom. The number of nitrogens with one attached hydrogen (secondary N) is 2. The van der Waals surface area contributed by atoms with Crippen LogP contribution in [0, 0.1) is 0 Å². The van der Waals surface area contributed by atoms with Crippen LogP contribution in [0.15, 0.2) is 36.5 Å². The lowest BCUT2D eigenvalue weighted by Gasteiger charge is -2.18. The summed E-state index contributed by atoms with van der Waals surface area (Å²) in [4.78, 5) is 39.7. The van der Waals surface area contributed by atoms with Gasteiger partial charge in [0.25, 0.3) is 5.91 Å². The zero-order valence-electron chi connectivity index (χ0n) is 13.9. The van der Waals surface area contributed by atoms with Gasteiger partial charge in [0.05, 0.1) is 10.6 Å². The van der Waals surface area contributed by atoms with Crippen LogP contribution in [-0.2, 0) is 20.7 Å². The maximum atomic E-state index is 12.3. The highest BCUT2D eigenvalue weighted by molar-refractivity contribution is 6.30. The molecule has 1 aliphatic rings. The second-order valence-electron chi connectivity index (χ2n) is 5.82. The number of hydrogen-bond acceptors (Lipinski definition) is 5. The molecular weight excluding hydrogens is 358 g/mol. The van der Waals surface area contributed by atoms with E-state index in [1.807, 2.05) is 0 Å². The molecule has 7 nitrogen and oxygen atoms in total. The summed E-state index contributed by atoms with van der Waals surface area (Å²) in [6, 6.07) is 8.02. The van der Waals surface area contributed by atoms with Crippen molar-refractivity contribution in [3.63, 3.8) is 0 Å². The van der Waals surface area contributed by atoms with E-state index in [-0.39, 0.29) is 5.91 Å². The van der Waals surface area contributed by atoms with Gasteiger partial charge < -0.3 is 15.4 Å². The number of carbonyl (C=O) groups is 3. The molecular formula is C18H16ClN3O4. The van der Waals surface area contributed by atoms with Gasteiger partial charge >= 0.3 is 5.97 Å². The van der Waals surface area contributed by atoms with Gasteiger partial charge in [-0.15, -0.1) is 0 Å². The smallest absolute Gasteiger partial charge is 0.338 e. The van der Waals surface area contributed by atoms with Crippen LogP contribution in [0.3, 0.4) is 0 Å². The van der Waals surface area contributed by atoms with E-state index in [0.29, 0.717) is 34.9 Å². The first-order valence-electron chi connectivity index (χ1n) is 7.98. The summed E-state index contributed by atoms with van der Waals surface area (Å²) in [6.45, 7) is 1.47. The highest BCUT2D eigenvalue weighted by Gasteiger charge is 2.21. The monoisotopic (exact) mass is 373 g/mol. The number of aromatic nitrogens is 1. The average molecular weight is 374 g/mol. The molecule has 1 aromatic carbocycles. The molecule has 0 saturated heterocycles. The molecule has 0 unspecified atom stereocenters. The minimum absolute atomic E-state index is 0.0473. The standard InChI is InChI=1S/C18H16ClN3O4/c1-10(17(24)22-15-6-4-13(19)9-20-15)26-18(25)12-2-5-14-11(8-12)3-7-16(23)21-14/h2,4-6,8-10H,3,7H2,1H3,(H,21,23)(H,20,22,24)/t10-/m1/s1. The molecule has 134 valence electrons. The molecule has 0 fully saturated rings. The average Bonchev–Trinajstić information content (AvgIpc) is 2.63. The summed E-state index contributed by atoms with van der Waals surface area (Å²) in [5.74, 6) is -0.851. The van der Waals surface area contributed by atoms with Gasteiger partial charge in [0.1, 0.15) is 5.82 Å². The molecule has 26 heavy (non-hydrogen) atoms. The SMILES string of the molecule is C[C@@H](OC(=O)c1ccc2c(c1)CCC(=O)N2)C(=O)Nc1ccc(Cl)cn1. The number of aryl methyl sites for hydroxylation is 1. The van der Waals surface area contributed by atoms with Crippen molar-refractivity contribution in [2.45, 2.75) is 25.9 Å². The number of pyridine rings is 1. The number of carbonyl (C=O) groups excluding carboxylic acids is 3. The minimum Gasteiger partial charge on any atom is -0.449 e. The van der Waals surface area contributed by atoms with Crippen LogP contribution in [-0.4, -0.2) is 28.9 Å². The van der Waals surface area contributed by atoms with Gasteiger partial charge in [-0.25, -0.2) is 9.78 Å². The van der Waals surface area contributed by atoms with Crippen LogP contribution in [0.2, 0.25) is 5.02 Å². The lowest BCUT2D eigenvalue weighted by Crippen LogP contribution is -2.30. The summed E-state index contributed by atoms with van der Waals surface area (Å²) in [6.07, 6.45) is 1.33. The number of hydrogen-bond donors (Lipinski definition) is 2. The third kappa shape index (κ3) is 4.18. The molecule has 0 bridgehead atoms. The Morgan fingerprint density at radius 3 is 2.81 bits per heavy atom. The molecule has 0 saturated carbocycles. The Morgan fingerprint density at radius 2 is 2.08 bits per heavy atom. The van der Waals surface area contributed by atoms with Crippen molar-refractivity contribution in [3.05, 3.63) is 52.7 Å². The number of benzene rings is 1. The van der Waals surface area contributed by atoms with Crippen LogP contribution in [0.4, 0.5) is 11.5 Å². The number of ether oxygens (including phenoxy) is 1. The summed E-state index contributed by atoms with van der Waals surface area (Å²) in [7, 11) is 0. The van der Waals surface area contributed by atoms with E-state index in [1.165, 1.54) is 13.1 Å². The number of anilines is 2. The maximum absolute atomic E-state index is 12.3. The zero-order chi connectivity index (χ0) is 18.7. The van der Waals surface area contributed by atoms with Crippen molar-refractivity contribution >= 4 is 40.9 Å². The quantitative estimate of drug-likeness (QED) is 0.803. The fourth-order valence-corrected chi connectivity index (χ4v) is 2.58. The fourth-order valence-electron chi connectivity index (χ4n) is 2.47. The van der Waals surface area contributed by atoms with E-state index >= 15 is 0 Å². The summed E-state index contributed by atoms with van der Waals surface area (Å²) in [5, 5.41) is 5.74. The molecule has 0 spiro atoms. The summed E-state index contributed by atoms with van der Waals surface area (Å²) >= 11 is 5.74. The Balaban J connectivity index is 1.62. The first-order valence-corrected chi connectivity index (χ1v) is 8.36. The van der Waals surface area contributed by atoms with E-state index in [2.05, 4.69) is 15.6 Å². The lowest BCUT2D eigenvalue weighted by molar-refractivity contribution is -0.123. The highest BCUT2D eigenvalue weighted by Crippen LogP contribution is 2.24. The summed E-state index contributed by atoms with van der Waals surface area (Å²) in [5.41, 5.74) is 1.88. The van der Waals surface area contributed by atoms with Gasteiger partial charge in [0.2, 0.25) is 5.91 Å². The van der Waals surface area contributed by atoms with Gasteiger partial charge in [-0.2, -0.15) is 0 Å². The number of halogens is 1. The second kappa shape index (κ2) is 7.53. The number of amides is 2. The Hall–Kier alpha value is -2.93. The van der Waals surface area contributed by atoms with Gasteiger partial charge in [0.15, 0.2) is 6.10 Å². The van der Waals surface area contributed by atoms with E-state index in [9.17, 15) is 14.4 Å². The van der Waals surface area contributed by atoms with E-state index in [0.717, 1.165) is 5.56 Å². The minimum atomic E-state index is -1.00. The number of rotatable bonds is 4. The molecule has 8 heteroatoms. The predicted octanol–water partition coefficient (Wildman–Crippen LogP) is 2.80. The molecule has 2 aromatic rings. The Labute approximate surface area is 154 Å². The van der Waals surface area contributed by atoms with Gasteiger partial charge in [-0.05, 0) is 49.2 Å². The van der Waals surface area contributed by atoms with E-state index in [1.54, 1.807) is 30.3 Å². The van der Waals surface area contributed by atoms with Crippen molar-refractivity contribution < 1.29 is 19.1 Å². The lowest BCUT2D eigenvalue weighted by atomic mass is 10.0. The summed E-state index contributed by atoms with van der Waals surface area (Å²) < 4.78 is 5.21. The van der Waals surface area contributed by atoms with Crippen molar-refractivity contribution in [2.24, 2.45) is 0 Å². The molecule has 1 atom stereocenters. The first-order chi connectivity index (χ1) is 12.4. The van der Waals surface area contributed by atoms with Crippen molar-refractivity contribution in [1.29, 1.82) is 0 Å². The molecule has 2 heterocycles. The van der Waals surface area contributed by atoms with Crippen molar-refractivity contribution in [2.75, 3.05) is 10.6 Å². The molecule has 1 aromatic heterocycles. The molecule has 1 aliphatic heterocycles. The van der Waals surface area contributed by atoms with Crippen LogP contribution < -0.4 is 10.6 Å². The second-order valence-corrected chi connectivity index (χ2v) is 6.25. The maximum Gasteiger partial charge on any atom is 0.338 e. The van der Waals surface area contributed by atoms with Gasteiger partial charge in [0, 0.05) is 18.3 Å². The first kappa shape index (κ1) is 17.9. The molecule has 0 aliphatic carbocycles. The number of fused-ring (bicyclic) bond motifs is 1. The number of nitrogens with zero attached hydrogens (tertiary/aromatic N) is 1. The van der Waals surface area contributed by atoms with Crippen LogP contribution >= 0.6 is 11.6 Å². The third-order valence-corrected chi connectivity index (χ3v) is 4.09.